The number of hydrogen-bond acceptors (Lipinski definition) is 5. The van der Waals surface area contributed by atoms with E-state index in [1.807, 2.05) is 70.1 Å². The van der Waals surface area contributed by atoms with Gasteiger partial charge in [-0.25, -0.2) is 4.39 Å². The highest BCUT2D eigenvalue weighted by atomic mass is 32.2. The monoisotopic (exact) mass is 488 g/mol. The molecule has 1 aliphatic heterocycles. The van der Waals surface area contributed by atoms with Gasteiger partial charge in [0.1, 0.15) is 11.1 Å². The molecule has 0 bridgehead atoms. The second-order valence-corrected chi connectivity index (χ2v) is 9.28. The number of morpholine rings is 1. The molecule has 35 heavy (non-hydrogen) atoms. The Morgan fingerprint density at radius 2 is 1.57 bits per heavy atom. The Morgan fingerprint density at radius 3 is 2.29 bits per heavy atom. The van der Waals surface area contributed by atoms with Gasteiger partial charge in [-0.05, 0) is 23.3 Å². The van der Waals surface area contributed by atoms with Crippen molar-refractivity contribution in [2.24, 2.45) is 0 Å². The smallest absolute Gasteiger partial charge is 0.240 e. The third-order valence-corrected chi connectivity index (χ3v) is 7.11. The number of rotatable bonds is 7. The van der Waals surface area contributed by atoms with Gasteiger partial charge < -0.3 is 9.64 Å². The van der Waals surface area contributed by atoms with E-state index in [1.165, 1.54) is 17.8 Å². The molecule has 178 valence electrons. The highest BCUT2D eigenvalue weighted by Gasteiger charge is 2.30. The maximum Gasteiger partial charge on any atom is 0.240 e. The summed E-state index contributed by atoms with van der Waals surface area (Å²) >= 11 is 1.35. The van der Waals surface area contributed by atoms with Gasteiger partial charge in [-0.3, -0.25) is 9.36 Å². The summed E-state index contributed by atoms with van der Waals surface area (Å²) in [5.74, 6) is 0.0704. The summed E-state index contributed by atoms with van der Waals surface area (Å²) in [5, 5.41) is 8.85. The van der Waals surface area contributed by atoms with Crippen LogP contribution in [0.5, 0.6) is 0 Å². The lowest BCUT2D eigenvalue weighted by Crippen LogP contribution is -2.42. The minimum Gasteiger partial charge on any atom is -0.378 e. The van der Waals surface area contributed by atoms with E-state index < -0.39 is 5.25 Å². The zero-order valence-electron chi connectivity index (χ0n) is 19.1. The average molecular weight is 489 g/mol. The van der Waals surface area contributed by atoms with Crippen LogP contribution < -0.4 is 0 Å². The van der Waals surface area contributed by atoms with Crippen LogP contribution in [0.1, 0.15) is 16.4 Å². The van der Waals surface area contributed by atoms with Crippen molar-refractivity contribution < 1.29 is 13.9 Å². The molecule has 8 heteroatoms. The van der Waals surface area contributed by atoms with E-state index in [-0.39, 0.29) is 11.7 Å². The molecule has 5 rings (SSSR count). The van der Waals surface area contributed by atoms with Crippen molar-refractivity contribution in [1.29, 1.82) is 0 Å². The van der Waals surface area contributed by atoms with E-state index in [9.17, 15) is 9.18 Å². The molecule has 4 aromatic rings. The van der Waals surface area contributed by atoms with Crippen molar-refractivity contribution >= 4 is 17.7 Å². The van der Waals surface area contributed by atoms with Crippen molar-refractivity contribution in [3.63, 3.8) is 0 Å². The normalized spacial score (nSPS) is 14.6. The highest BCUT2D eigenvalue weighted by molar-refractivity contribution is 8.00. The van der Waals surface area contributed by atoms with E-state index in [0.29, 0.717) is 49.4 Å². The average Bonchev–Trinajstić information content (AvgIpc) is 3.30. The molecule has 6 nitrogen and oxygen atoms in total. The predicted molar refractivity (Wildman–Crippen MR) is 133 cm³/mol. The summed E-state index contributed by atoms with van der Waals surface area (Å²) in [6.45, 7) is 2.62. The second-order valence-electron chi connectivity index (χ2n) is 8.20. The summed E-state index contributed by atoms with van der Waals surface area (Å²) in [6.07, 6.45) is 0. The predicted octanol–water partition coefficient (Wildman–Crippen LogP) is 4.82. The molecular formula is C27H25FN4O2S. The second kappa shape index (κ2) is 10.8. The first-order valence-electron chi connectivity index (χ1n) is 11.5. The van der Waals surface area contributed by atoms with E-state index in [4.69, 9.17) is 4.74 Å². The lowest BCUT2D eigenvalue weighted by molar-refractivity contribution is -0.134. The quantitative estimate of drug-likeness (QED) is 0.349. The van der Waals surface area contributed by atoms with E-state index in [0.717, 1.165) is 11.1 Å². The lowest BCUT2D eigenvalue weighted by Gasteiger charge is -2.30. The fourth-order valence-electron chi connectivity index (χ4n) is 4.07. The number of carbonyl (C=O) groups is 1. The van der Waals surface area contributed by atoms with Crippen LogP contribution in [0.25, 0.3) is 11.4 Å². The number of carbonyl (C=O) groups excluding carboxylic acids is 1. The molecular weight excluding hydrogens is 463 g/mol. The third-order valence-electron chi connectivity index (χ3n) is 5.89. The maximum atomic E-state index is 14.7. The van der Waals surface area contributed by atoms with Crippen LogP contribution in [0, 0.1) is 5.82 Å². The molecule has 0 radical (unpaired) electrons. The molecule has 1 amide bonds. The maximum absolute atomic E-state index is 14.7. The van der Waals surface area contributed by atoms with Crippen LogP contribution in [0.4, 0.5) is 4.39 Å². The summed E-state index contributed by atoms with van der Waals surface area (Å²) in [5.41, 5.74) is 2.29. The van der Waals surface area contributed by atoms with E-state index in [1.54, 1.807) is 18.2 Å². The van der Waals surface area contributed by atoms with Gasteiger partial charge in [0.25, 0.3) is 0 Å². The number of halogens is 1. The Morgan fingerprint density at radius 1 is 0.914 bits per heavy atom. The Hall–Kier alpha value is -3.49. The van der Waals surface area contributed by atoms with E-state index in [2.05, 4.69) is 10.2 Å². The molecule has 1 fully saturated rings. The molecule has 0 saturated carbocycles. The largest absolute Gasteiger partial charge is 0.378 e. The number of ether oxygens (including phenoxy) is 1. The summed E-state index contributed by atoms with van der Waals surface area (Å²) < 4.78 is 22.1. The van der Waals surface area contributed by atoms with Crippen LogP contribution in [-0.4, -0.2) is 51.9 Å². The molecule has 1 aromatic heterocycles. The zero-order valence-corrected chi connectivity index (χ0v) is 19.9. The van der Waals surface area contributed by atoms with Crippen molar-refractivity contribution in [2.75, 3.05) is 26.3 Å². The first-order chi connectivity index (χ1) is 17.2. The van der Waals surface area contributed by atoms with Gasteiger partial charge in [0.2, 0.25) is 5.91 Å². The number of aromatic nitrogens is 3. The lowest BCUT2D eigenvalue weighted by atomic mass is 10.1. The third kappa shape index (κ3) is 5.28. The number of benzene rings is 3. The first-order valence-corrected chi connectivity index (χ1v) is 12.4. The minimum absolute atomic E-state index is 0.00574. The molecule has 0 aliphatic carbocycles. The molecule has 1 aliphatic rings. The van der Waals surface area contributed by atoms with Crippen molar-refractivity contribution in [2.45, 2.75) is 17.0 Å². The van der Waals surface area contributed by atoms with Gasteiger partial charge in [0.15, 0.2) is 11.0 Å². The topological polar surface area (TPSA) is 60.2 Å². The van der Waals surface area contributed by atoms with Crippen molar-refractivity contribution in [3.8, 4) is 11.4 Å². The fraction of sp³-hybridized carbons (Fsp3) is 0.222. The fourth-order valence-corrected chi connectivity index (χ4v) is 5.19. The van der Waals surface area contributed by atoms with E-state index >= 15 is 0 Å². The van der Waals surface area contributed by atoms with Crippen molar-refractivity contribution in [3.05, 3.63) is 102 Å². The number of thioether (sulfide) groups is 1. The first kappa shape index (κ1) is 23.3. The van der Waals surface area contributed by atoms with Crippen LogP contribution in [0.2, 0.25) is 0 Å². The van der Waals surface area contributed by atoms with Crippen LogP contribution in [-0.2, 0) is 16.1 Å². The Balaban J connectivity index is 1.55. The summed E-state index contributed by atoms with van der Waals surface area (Å²) in [7, 11) is 0. The molecule has 2 heterocycles. The SMILES string of the molecule is O=C(C(Sc1nnc(-c2ccccc2F)n1Cc1ccccc1)c1ccccc1)N1CCOCC1. The van der Waals surface area contributed by atoms with Gasteiger partial charge >= 0.3 is 0 Å². The van der Waals surface area contributed by atoms with Gasteiger partial charge in [-0.1, -0.05) is 84.6 Å². The zero-order chi connectivity index (χ0) is 24.0. The molecule has 0 spiro atoms. The molecule has 1 atom stereocenters. The van der Waals surface area contributed by atoms with Crippen LogP contribution in [0.15, 0.2) is 90.1 Å². The molecule has 1 saturated heterocycles. The minimum atomic E-state index is -0.513. The highest BCUT2D eigenvalue weighted by Crippen LogP contribution is 2.38. The molecule has 1 unspecified atom stereocenters. The van der Waals surface area contributed by atoms with Gasteiger partial charge in [-0.2, -0.15) is 0 Å². The standard InChI is InChI=1S/C27H25FN4O2S/c28-23-14-8-7-13-22(23)25-29-30-27(32(25)19-20-9-3-1-4-10-20)35-24(21-11-5-2-6-12-21)26(33)31-15-17-34-18-16-31/h1-14,24H,15-19H2. The Labute approximate surface area is 207 Å². The Bertz CT molecular complexity index is 1280. The van der Waals surface area contributed by atoms with Crippen LogP contribution in [0.3, 0.4) is 0 Å². The summed E-state index contributed by atoms with van der Waals surface area (Å²) in [6, 6.07) is 26.1. The molecule has 3 aromatic carbocycles. The number of nitrogens with zero attached hydrogens (tertiary/aromatic N) is 4. The number of hydrogen-bond donors (Lipinski definition) is 0. The molecule has 0 N–H and O–H groups in total. The van der Waals surface area contributed by atoms with Crippen molar-refractivity contribution in [1.82, 2.24) is 19.7 Å². The number of amides is 1. The van der Waals surface area contributed by atoms with Gasteiger partial charge in [0.05, 0.1) is 25.3 Å². The van der Waals surface area contributed by atoms with Gasteiger partial charge in [0, 0.05) is 13.1 Å². The summed E-state index contributed by atoms with van der Waals surface area (Å²) in [4.78, 5) is 15.5. The Kier molecular flexibility index (Phi) is 7.20. The van der Waals surface area contributed by atoms with Crippen LogP contribution >= 0.6 is 11.8 Å². The van der Waals surface area contributed by atoms with Gasteiger partial charge in [-0.15, -0.1) is 10.2 Å².